The number of carboxylic acids is 3. The van der Waals surface area contributed by atoms with E-state index in [9.17, 15) is 49.2 Å². The molecule has 2 aliphatic heterocycles. The summed E-state index contributed by atoms with van der Waals surface area (Å²) in [5.41, 5.74) is 7.55. The molecule has 2 heterocycles. The number of hydrogen-bond acceptors (Lipinski definition) is 10. The minimum Gasteiger partial charge on any atom is -0.507 e. The first-order chi connectivity index (χ1) is 33.0. The summed E-state index contributed by atoms with van der Waals surface area (Å²) in [6, 6.07) is 27.5. The average Bonchev–Trinajstić information content (AvgIpc) is 3.31. The molecule has 0 unspecified atom stereocenters. The number of halogens is 2. The third kappa shape index (κ3) is 8.59. The molecule has 0 spiro atoms. The van der Waals surface area contributed by atoms with Crippen molar-refractivity contribution in [3.63, 3.8) is 0 Å². The molecule has 5 aromatic rings. The molecule has 0 aromatic heterocycles. The SMILES string of the molecule is C.Nc1ccc2c(-c3c(Cl)cc(C(=O)NCc4ccc(C(=O)NCc5c(O)ccc6c(-c7ccc(C(=O)O)cc7C(=O)O)c7ccc(=O)cc-7oc56)cc4)c(Cl)c3C(=O)O)c3ccc(=[NH2+])cc-3oc2c1. The maximum atomic E-state index is 13.7. The van der Waals surface area contributed by atoms with Crippen molar-refractivity contribution >= 4 is 80.6 Å². The lowest BCUT2D eigenvalue weighted by Gasteiger charge is -2.20. The molecule has 0 atom stereocenters. The number of phenolic OH excluding ortho intramolecular Hbond substituents is 1. The van der Waals surface area contributed by atoms with Gasteiger partial charge in [0.25, 0.3) is 11.8 Å². The number of aromatic carboxylic acids is 3. The molecule has 4 aliphatic rings. The molecule has 2 amide bonds. The lowest BCUT2D eigenvalue weighted by Crippen LogP contribution is -2.44. The Kier molecular flexibility index (Phi) is 12.6. The number of aromatic hydroxyl groups is 1. The van der Waals surface area contributed by atoms with Crippen molar-refractivity contribution in [1.82, 2.24) is 10.6 Å². The van der Waals surface area contributed by atoms with Crippen LogP contribution in [0.3, 0.4) is 0 Å². The zero-order valence-electron chi connectivity index (χ0n) is 35.3. The Bertz CT molecular complexity index is 3750. The molecule has 9 rings (SSSR count). The summed E-state index contributed by atoms with van der Waals surface area (Å²) in [6.07, 6.45) is 0. The van der Waals surface area contributed by atoms with E-state index >= 15 is 0 Å². The third-order valence-corrected chi connectivity index (χ3v) is 12.2. The summed E-state index contributed by atoms with van der Waals surface area (Å²) in [5.74, 6) is -5.44. The van der Waals surface area contributed by atoms with E-state index in [1.165, 1.54) is 60.7 Å². The van der Waals surface area contributed by atoms with Gasteiger partial charge < -0.3 is 45.6 Å². The van der Waals surface area contributed by atoms with Gasteiger partial charge in [-0.05, 0) is 83.9 Å². The Labute approximate surface area is 405 Å². The predicted octanol–water partition coefficient (Wildman–Crippen LogP) is 7.93. The Morgan fingerprint density at radius 2 is 1.27 bits per heavy atom. The summed E-state index contributed by atoms with van der Waals surface area (Å²) >= 11 is 13.6. The van der Waals surface area contributed by atoms with Crippen LogP contribution in [0.25, 0.3) is 66.8 Å². The lowest BCUT2D eigenvalue weighted by atomic mass is 9.89. The van der Waals surface area contributed by atoms with Crippen molar-refractivity contribution in [2.75, 3.05) is 5.73 Å². The van der Waals surface area contributed by atoms with E-state index in [0.29, 0.717) is 55.4 Å². The van der Waals surface area contributed by atoms with Gasteiger partial charge in [0.05, 0.1) is 50.5 Å². The van der Waals surface area contributed by atoms with Gasteiger partial charge in [-0.25, -0.2) is 14.4 Å². The number of nitrogens with one attached hydrogen (secondary N) is 2. The fraction of sp³-hybridized carbons (Fsp3) is 0.0577. The number of carboxylic acid groups (broad SMARTS) is 3. The summed E-state index contributed by atoms with van der Waals surface area (Å²) < 4.78 is 12.2. The van der Waals surface area contributed by atoms with Crippen molar-refractivity contribution in [2.24, 2.45) is 0 Å². The van der Waals surface area contributed by atoms with Crippen molar-refractivity contribution in [2.45, 2.75) is 20.5 Å². The number of carbonyl (C=O) groups is 5. The van der Waals surface area contributed by atoms with Crippen LogP contribution >= 0.6 is 23.2 Å². The van der Waals surface area contributed by atoms with Crippen LogP contribution in [0.5, 0.6) is 5.75 Å². The quantitative estimate of drug-likeness (QED) is 0.0452. The minimum absolute atomic E-state index is 0. The first-order valence-electron chi connectivity index (χ1n) is 20.6. The highest BCUT2D eigenvalue weighted by molar-refractivity contribution is 6.41. The molecule has 5 aromatic carbocycles. The Morgan fingerprint density at radius 1 is 0.614 bits per heavy atom. The molecular weight excluding hydrogens is 943 g/mol. The van der Waals surface area contributed by atoms with E-state index in [1.807, 2.05) is 0 Å². The molecule has 0 bridgehead atoms. The number of phenols is 1. The molecule has 0 radical (unpaired) electrons. The van der Waals surface area contributed by atoms with E-state index in [1.54, 1.807) is 48.5 Å². The number of hydrogen-bond donors (Lipinski definition) is 8. The Morgan fingerprint density at radius 3 is 1.99 bits per heavy atom. The molecule has 2 aliphatic carbocycles. The zero-order chi connectivity index (χ0) is 49.0. The van der Waals surface area contributed by atoms with Gasteiger partial charge in [0, 0.05) is 74.6 Å². The molecule has 350 valence electrons. The largest absolute Gasteiger partial charge is 0.507 e. The highest BCUT2D eigenvalue weighted by Crippen LogP contribution is 2.47. The van der Waals surface area contributed by atoms with Gasteiger partial charge in [0.1, 0.15) is 28.4 Å². The second-order valence-electron chi connectivity index (χ2n) is 15.8. The molecule has 0 fully saturated rings. The zero-order valence-corrected chi connectivity index (χ0v) is 36.9. The van der Waals surface area contributed by atoms with Crippen molar-refractivity contribution in [3.8, 4) is 50.7 Å². The molecule has 70 heavy (non-hydrogen) atoms. The van der Waals surface area contributed by atoms with Crippen LogP contribution in [0.15, 0.2) is 129 Å². The van der Waals surface area contributed by atoms with Crippen LogP contribution in [0.4, 0.5) is 5.69 Å². The summed E-state index contributed by atoms with van der Waals surface area (Å²) in [7, 11) is 0. The van der Waals surface area contributed by atoms with E-state index in [4.69, 9.17) is 43.2 Å². The molecular formula is C52H37Cl2N4O12+. The summed E-state index contributed by atoms with van der Waals surface area (Å²) in [6.45, 7) is -0.378. The number of fused-ring (bicyclic) bond motifs is 4. The van der Waals surface area contributed by atoms with Crippen LogP contribution in [0, 0.1) is 0 Å². The lowest BCUT2D eigenvalue weighted by molar-refractivity contribution is -0.172. The molecule has 16 nitrogen and oxygen atoms in total. The average molecular weight is 981 g/mol. The van der Waals surface area contributed by atoms with Gasteiger partial charge in [0.2, 0.25) is 0 Å². The van der Waals surface area contributed by atoms with Crippen LogP contribution in [0.1, 0.15) is 70.3 Å². The van der Waals surface area contributed by atoms with Gasteiger partial charge in [-0.3, -0.25) is 19.8 Å². The van der Waals surface area contributed by atoms with Crippen LogP contribution in [-0.4, -0.2) is 50.1 Å². The van der Waals surface area contributed by atoms with E-state index in [2.05, 4.69) is 10.6 Å². The fourth-order valence-corrected chi connectivity index (χ4v) is 8.88. The number of anilines is 1. The Hall–Kier alpha value is -8.99. The smallest absolute Gasteiger partial charge is 0.337 e. The van der Waals surface area contributed by atoms with E-state index < -0.39 is 40.7 Å². The van der Waals surface area contributed by atoms with Crippen LogP contribution in [0.2, 0.25) is 10.0 Å². The van der Waals surface area contributed by atoms with Crippen LogP contribution < -0.4 is 32.6 Å². The summed E-state index contributed by atoms with van der Waals surface area (Å²) in [5, 5.41) is 53.5. The highest BCUT2D eigenvalue weighted by Gasteiger charge is 2.30. The first kappa shape index (κ1) is 47.5. The second kappa shape index (κ2) is 18.6. The number of benzene rings is 7. The maximum Gasteiger partial charge on any atom is 0.337 e. The molecule has 0 saturated heterocycles. The Balaban J connectivity index is 0.00000659. The minimum atomic E-state index is -1.45. The third-order valence-electron chi connectivity index (χ3n) is 11.5. The fourth-order valence-electron chi connectivity index (χ4n) is 8.26. The molecule has 18 heteroatoms. The van der Waals surface area contributed by atoms with Gasteiger partial charge in [-0.2, -0.15) is 0 Å². The topological polar surface area (TPSA) is 285 Å². The summed E-state index contributed by atoms with van der Waals surface area (Å²) in [4.78, 5) is 76.7. The van der Waals surface area contributed by atoms with Crippen molar-refractivity contribution in [3.05, 3.63) is 180 Å². The molecule has 10 N–H and O–H groups in total. The predicted molar refractivity (Wildman–Crippen MR) is 260 cm³/mol. The number of amides is 2. The maximum absolute atomic E-state index is 13.7. The second-order valence-corrected chi connectivity index (χ2v) is 16.6. The van der Waals surface area contributed by atoms with Gasteiger partial charge in [-0.1, -0.05) is 48.8 Å². The van der Waals surface area contributed by atoms with Crippen molar-refractivity contribution < 1.29 is 58.6 Å². The van der Waals surface area contributed by atoms with E-state index in [-0.39, 0.29) is 92.2 Å². The van der Waals surface area contributed by atoms with Crippen LogP contribution in [-0.2, 0) is 13.1 Å². The van der Waals surface area contributed by atoms with Gasteiger partial charge in [-0.15, -0.1) is 0 Å². The number of nitrogen functional groups attached to an aromatic ring is 1. The van der Waals surface area contributed by atoms with Crippen molar-refractivity contribution in [1.29, 1.82) is 0 Å². The normalized spacial score (nSPS) is 11.1. The van der Waals surface area contributed by atoms with Gasteiger partial charge >= 0.3 is 17.9 Å². The van der Waals surface area contributed by atoms with E-state index in [0.717, 1.165) is 6.07 Å². The standard InChI is InChI=1S/C51H32Cl2N4O12.CH4/c52-36-19-34(45(53)44(51(66)67)43(36)42-30-10-6-25(54)16-38(30)68-39-17-26(55)7-11-31(39)42)48(61)56-20-22-1-3-23(4-2-22)47(60)57-21-35-37(59)14-13-32-41(29-12-8-27(58)18-40(29)69-46(32)35)28-9-5-24(49(62)63)15-33(28)50(64)65;/h1-19,54,59H,20-21,55H2,(H,56,61)(H,57,60)(H,62,63)(H,64,65)(H,66,67);1H4/p+1. The number of nitrogens with two attached hydrogens (primary N) is 2. The number of carbonyl (C=O) groups excluding carboxylic acids is 2. The highest BCUT2D eigenvalue weighted by atomic mass is 35.5. The molecule has 0 saturated carbocycles. The number of rotatable bonds is 11. The first-order valence-corrected chi connectivity index (χ1v) is 21.3. The van der Waals surface area contributed by atoms with Gasteiger partial charge in [0.15, 0.2) is 10.8 Å². The monoisotopic (exact) mass is 979 g/mol.